The van der Waals surface area contributed by atoms with Crippen molar-refractivity contribution in [3.8, 4) is 34.1 Å². The van der Waals surface area contributed by atoms with E-state index in [1.54, 1.807) is 0 Å². The van der Waals surface area contributed by atoms with Gasteiger partial charge in [0.2, 0.25) is 17.5 Å². The molecular formula is C27H30O15. The number of phenols is 2. The van der Waals surface area contributed by atoms with Gasteiger partial charge in [0.05, 0.1) is 25.9 Å². The number of phenolic OH excluding ortho intramolecular Hbond substituents is 2. The van der Waals surface area contributed by atoms with Gasteiger partial charge in [0, 0.05) is 6.07 Å². The number of ether oxygens (including phenoxy) is 5. The highest BCUT2D eigenvalue weighted by Gasteiger charge is 2.47. The molecule has 2 aliphatic heterocycles. The van der Waals surface area contributed by atoms with Gasteiger partial charge in [-0.1, -0.05) is 12.1 Å². The number of aliphatic hydroxyl groups excluding tert-OH is 6. The molecule has 0 unspecified atom stereocenters. The molecule has 0 bridgehead atoms. The zero-order valence-electron chi connectivity index (χ0n) is 22.0. The van der Waals surface area contributed by atoms with Gasteiger partial charge in [-0.25, -0.2) is 0 Å². The van der Waals surface area contributed by atoms with Crippen molar-refractivity contribution in [2.45, 2.75) is 55.3 Å². The minimum absolute atomic E-state index is 0.00709. The Balaban J connectivity index is 1.39. The second-order valence-electron chi connectivity index (χ2n) is 9.87. The van der Waals surface area contributed by atoms with Crippen LogP contribution in [-0.2, 0) is 14.2 Å². The number of rotatable bonds is 7. The van der Waals surface area contributed by atoms with Gasteiger partial charge in [0.25, 0.3) is 0 Å². The van der Waals surface area contributed by atoms with Crippen molar-refractivity contribution in [3.63, 3.8) is 0 Å². The molecule has 0 spiro atoms. The van der Waals surface area contributed by atoms with Gasteiger partial charge < -0.3 is 69.0 Å². The maximum Gasteiger partial charge on any atom is 0.229 e. The molecule has 3 heterocycles. The molecule has 0 saturated carbocycles. The topological polar surface area (TPSA) is 238 Å². The summed E-state index contributed by atoms with van der Waals surface area (Å²) in [6, 6.07) is 6.95. The number of hydrogen-bond acceptors (Lipinski definition) is 15. The van der Waals surface area contributed by atoms with E-state index in [4.69, 9.17) is 28.1 Å². The van der Waals surface area contributed by atoms with E-state index < -0.39 is 73.1 Å². The molecule has 15 heteroatoms. The Morgan fingerprint density at radius 2 is 1.60 bits per heavy atom. The van der Waals surface area contributed by atoms with E-state index in [-0.39, 0.29) is 40.4 Å². The van der Waals surface area contributed by atoms with Crippen molar-refractivity contribution < 1.29 is 69.0 Å². The van der Waals surface area contributed by atoms with Crippen LogP contribution in [0.4, 0.5) is 0 Å². The lowest BCUT2D eigenvalue weighted by atomic mass is 9.99. The molecule has 2 aromatic carbocycles. The Hall–Kier alpha value is -3.51. The standard InChI is InChI=1S/C27H30O15/c1-37-25-15(6-14-17(21(25)33)18(30)12(7-38-14)10-2-4-11(28)5-3-10)41-27-24(36)22(34)20(32)16(42-27)9-40-26-23(35)19(31)13(29)8-39-26/h2-7,13,16,19-20,22-24,26-29,31-36H,8-9H2,1H3/t13-,16+,19-,20+,22-,23-,24+,26-,27+/m0/s1. The number of aliphatic hydroxyl groups is 6. The predicted molar refractivity (Wildman–Crippen MR) is 139 cm³/mol. The Morgan fingerprint density at radius 1 is 0.905 bits per heavy atom. The lowest BCUT2D eigenvalue weighted by Gasteiger charge is -2.41. The van der Waals surface area contributed by atoms with Gasteiger partial charge >= 0.3 is 0 Å². The molecule has 9 atom stereocenters. The summed E-state index contributed by atoms with van der Waals surface area (Å²) < 4.78 is 32.7. The third-order valence-corrected chi connectivity index (χ3v) is 7.13. The highest BCUT2D eigenvalue weighted by molar-refractivity contribution is 5.91. The molecule has 0 radical (unpaired) electrons. The minimum atomic E-state index is -1.81. The van der Waals surface area contributed by atoms with E-state index in [1.807, 2.05) is 0 Å². The zero-order valence-corrected chi connectivity index (χ0v) is 22.0. The first kappa shape index (κ1) is 30.0. The molecule has 15 nitrogen and oxygen atoms in total. The molecule has 8 N–H and O–H groups in total. The summed E-state index contributed by atoms with van der Waals surface area (Å²) in [5, 5.41) is 81.2. The van der Waals surface area contributed by atoms with Crippen LogP contribution >= 0.6 is 0 Å². The summed E-state index contributed by atoms with van der Waals surface area (Å²) in [6.07, 6.45) is -13.0. The molecule has 2 aliphatic rings. The maximum absolute atomic E-state index is 13.3. The van der Waals surface area contributed by atoms with Gasteiger partial charge in [-0.2, -0.15) is 0 Å². The third-order valence-electron chi connectivity index (χ3n) is 7.13. The van der Waals surface area contributed by atoms with Crippen LogP contribution in [0.3, 0.4) is 0 Å². The summed E-state index contributed by atoms with van der Waals surface area (Å²) in [4.78, 5) is 13.3. The summed E-state index contributed by atoms with van der Waals surface area (Å²) in [5.74, 6) is -1.23. The van der Waals surface area contributed by atoms with Crippen LogP contribution in [0, 0.1) is 0 Å². The van der Waals surface area contributed by atoms with Crippen molar-refractivity contribution in [3.05, 3.63) is 46.8 Å². The Labute approximate surface area is 236 Å². The van der Waals surface area contributed by atoms with Gasteiger partial charge in [-0.15, -0.1) is 0 Å². The van der Waals surface area contributed by atoms with Crippen LogP contribution in [0.15, 0.2) is 45.8 Å². The third kappa shape index (κ3) is 5.49. The first-order valence-corrected chi connectivity index (χ1v) is 12.8. The normalized spacial score (nSPS) is 31.6. The average molecular weight is 595 g/mol. The maximum atomic E-state index is 13.3. The Morgan fingerprint density at radius 3 is 2.29 bits per heavy atom. The number of aromatic hydroxyl groups is 2. The number of hydrogen-bond donors (Lipinski definition) is 8. The summed E-state index contributed by atoms with van der Waals surface area (Å²) in [6.45, 7) is -0.841. The monoisotopic (exact) mass is 594 g/mol. The fourth-order valence-electron chi connectivity index (χ4n) is 4.74. The van der Waals surface area contributed by atoms with Crippen molar-refractivity contribution in [2.75, 3.05) is 20.3 Å². The molecule has 5 rings (SSSR count). The highest BCUT2D eigenvalue weighted by atomic mass is 16.7. The van der Waals surface area contributed by atoms with E-state index in [9.17, 15) is 45.6 Å². The SMILES string of the molecule is COc1c(O[C@@H]2O[C@H](CO[C@@H]3OC[C@H](O)[C@H](O)[C@@H]3O)[C@@H](O)[C@H](O)[C@H]2O)cc2occ(-c3ccc(O)cc3)c(=O)c2c1O. The van der Waals surface area contributed by atoms with Crippen molar-refractivity contribution >= 4 is 11.0 Å². The first-order valence-electron chi connectivity index (χ1n) is 12.8. The number of benzene rings is 2. The van der Waals surface area contributed by atoms with Crippen LogP contribution in [0.5, 0.6) is 23.0 Å². The average Bonchev–Trinajstić information content (AvgIpc) is 2.97. The largest absolute Gasteiger partial charge is 0.508 e. The summed E-state index contributed by atoms with van der Waals surface area (Å²) in [7, 11) is 1.19. The summed E-state index contributed by atoms with van der Waals surface area (Å²) in [5.41, 5.74) is -0.225. The molecule has 228 valence electrons. The first-order chi connectivity index (χ1) is 20.0. The Bertz CT molecular complexity index is 1460. The van der Waals surface area contributed by atoms with Crippen LogP contribution in [0.2, 0.25) is 0 Å². The number of methoxy groups -OCH3 is 1. The number of fused-ring (bicyclic) bond motifs is 1. The van der Waals surface area contributed by atoms with E-state index >= 15 is 0 Å². The van der Waals surface area contributed by atoms with Gasteiger partial charge in [0.15, 0.2) is 17.8 Å². The molecular weight excluding hydrogens is 564 g/mol. The molecule has 0 amide bonds. The van der Waals surface area contributed by atoms with E-state index in [1.165, 1.54) is 37.4 Å². The molecule has 0 aliphatic carbocycles. The van der Waals surface area contributed by atoms with E-state index in [0.717, 1.165) is 6.26 Å². The second kappa shape index (κ2) is 12.0. The van der Waals surface area contributed by atoms with Crippen LogP contribution in [0.1, 0.15) is 0 Å². The second-order valence-corrected chi connectivity index (χ2v) is 9.87. The van der Waals surface area contributed by atoms with Gasteiger partial charge in [-0.3, -0.25) is 4.79 Å². The quantitative estimate of drug-likeness (QED) is 0.156. The molecule has 3 aromatic rings. The zero-order chi connectivity index (χ0) is 30.3. The van der Waals surface area contributed by atoms with Gasteiger partial charge in [0.1, 0.15) is 65.7 Å². The molecule has 2 fully saturated rings. The fraction of sp³-hybridized carbons (Fsp3) is 0.444. The van der Waals surface area contributed by atoms with Crippen LogP contribution in [-0.4, -0.2) is 116 Å². The Kier molecular flexibility index (Phi) is 8.56. The molecule has 1 aromatic heterocycles. The van der Waals surface area contributed by atoms with Crippen LogP contribution in [0.25, 0.3) is 22.1 Å². The van der Waals surface area contributed by atoms with Crippen molar-refractivity contribution in [1.29, 1.82) is 0 Å². The summed E-state index contributed by atoms with van der Waals surface area (Å²) >= 11 is 0. The van der Waals surface area contributed by atoms with Gasteiger partial charge in [-0.05, 0) is 17.7 Å². The minimum Gasteiger partial charge on any atom is -0.508 e. The predicted octanol–water partition coefficient (Wildman–Crippen LogP) is -1.48. The van der Waals surface area contributed by atoms with Crippen molar-refractivity contribution in [1.82, 2.24) is 0 Å². The lowest BCUT2D eigenvalue weighted by molar-refractivity contribution is -0.307. The fourth-order valence-corrected chi connectivity index (χ4v) is 4.74. The molecule has 42 heavy (non-hydrogen) atoms. The highest BCUT2D eigenvalue weighted by Crippen LogP contribution is 2.43. The lowest BCUT2D eigenvalue weighted by Crippen LogP contribution is -2.61. The molecule has 2 saturated heterocycles. The van der Waals surface area contributed by atoms with Crippen molar-refractivity contribution in [2.24, 2.45) is 0 Å². The smallest absolute Gasteiger partial charge is 0.229 e. The van der Waals surface area contributed by atoms with E-state index in [2.05, 4.69) is 0 Å². The van der Waals surface area contributed by atoms with E-state index in [0.29, 0.717) is 5.56 Å². The van der Waals surface area contributed by atoms with Crippen LogP contribution < -0.4 is 14.9 Å².